The van der Waals surface area contributed by atoms with Crippen molar-refractivity contribution in [2.45, 2.75) is 50.4 Å². The topological polar surface area (TPSA) is 0 Å². The second-order valence-electron chi connectivity index (χ2n) is 5.68. The summed E-state index contributed by atoms with van der Waals surface area (Å²) in [5, 5.41) is 0. The van der Waals surface area contributed by atoms with Gasteiger partial charge in [-0.25, -0.2) is 0 Å². The maximum Gasteiger partial charge on any atom is -0.00944 e. The second kappa shape index (κ2) is 3.23. The molecule has 16 heavy (non-hydrogen) atoms. The van der Waals surface area contributed by atoms with Crippen LogP contribution in [0.25, 0.3) is 0 Å². The summed E-state index contributed by atoms with van der Waals surface area (Å²) in [5.74, 6) is 1.80. The van der Waals surface area contributed by atoms with Crippen LogP contribution in [0.2, 0.25) is 0 Å². The molecule has 1 aromatic rings. The molecule has 82 valence electrons. The number of fused-ring (bicyclic) bond motifs is 3. The summed E-state index contributed by atoms with van der Waals surface area (Å²) in [4.78, 5) is 0. The highest BCUT2D eigenvalue weighted by atomic mass is 14.4. The lowest BCUT2D eigenvalue weighted by atomic mass is 9.66. The van der Waals surface area contributed by atoms with E-state index >= 15 is 0 Å². The molecule has 0 unspecified atom stereocenters. The van der Waals surface area contributed by atoms with Crippen LogP contribution in [0.1, 0.15) is 59.8 Å². The van der Waals surface area contributed by atoms with E-state index in [4.69, 9.17) is 0 Å². The third-order valence-corrected chi connectivity index (χ3v) is 4.85. The molecule has 4 aliphatic rings. The molecule has 0 aliphatic heterocycles. The number of rotatable bonds is 0. The van der Waals surface area contributed by atoms with Gasteiger partial charge in [-0.3, -0.25) is 0 Å². The maximum atomic E-state index is 2.55. The lowest BCUT2D eigenvalue weighted by molar-refractivity contribution is 0.358. The van der Waals surface area contributed by atoms with Crippen molar-refractivity contribution in [3.05, 3.63) is 46.5 Å². The summed E-state index contributed by atoms with van der Waals surface area (Å²) in [5.41, 5.74) is 6.65. The fourth-order valence-corrected chi connectivity index (χ4v) is 3.95. The van der Waals surface area contributed by atoms with Crippen molar-refractivity contribution in [3.8, 4) is 0 Å². The summed E-state index contributed by atoms with van der Waals surface area (Å²) >= 11 is 0. The van der Waals surface area contributed by atoms with Crippen molar-refractivity contribution in [2.75, 3.05) is 0 Å². The zero-order chi connectivity index (χ0) is 10.5. The minimum atomic E-state index is 0.899. The molecule has 0 atom stereocenters. The Labute approximate surface area is 97.4 Å². The highest BCUT2D eigenvalue weighted by Gasteiger charge is 2.33. The summed E-state index contributed by atoms with van der Waals surface area (Å²) < 4.78 is 0. The Kier molecular flexibility index (Phi) is 1.82. The second-order valence-corrected chi connectivity index (χ2v) is 5.68. The molecular weight excluding hydrogens is 192 g/mol. The summed E-state index contributed by atoms with van der Waals surface area (Å²) in [6.07, 6.45) is 12.8. The van der Waals surface area contributed by atoms with E-state index in [-0.39, 0.29) is 0 Å². The zero-order valence-electron chi connectivity index (χ0n) is 9.71. The SMILES string of the molecule is C1=CCc2cc3c(cc2C1)C1CCC3CC1. The smallest absolute Gasteiger partial charge is 0.00944 e. The van der Waals surface area contributed by atoms with Gasteiger partial charge in [0.1, 0.15) is 0 Å². The Morgan fingerprint density at radius 1 is 0.688 bits per heavy atom. The number of hydrogen-bond donors (Lipinski definition) is 0. The van der Waals surface area contributed by atoms with Crippen LogP contribution in [0, 0.1) is 0 Å². The fourth-order valence-electron chi connectivity index (χ4n) is 3.95. The molecule has 0 N–H and O–H groups in total. The van der Waals surface area contributed by atoms with E-state index in [9.17, 15) is 0 Å². The molecule has 4 aliphatic carbocycles. The van der Waals surface area contributed by atoms with Gasteiger partial charge in [-0.1, -0.05) is 24.3 Å². The van der Waals surface area contributed by atoms with E-state index in [2.05, 4.69) is 24.3 Å². The predicted molar refractivity (Wildman–Crippen MR) is 66.9 cm³/mol. The highest BCUT2D eigenvalue weighted by molar-refractivity contribution is 5.47. The van der Waals surface area contributed by atoms with Crippen molar-refractivity contribution in [1.82, 2.24) is 0 Å². The molecule has 2 bridgehead atoms. The maximum absolute atomic E-state index is 2.55. The van der Waals surface area contributed by atoms with Crippen LogP contribution >= 0.6 is 0 Å². The number of allylic oxidation sites excluding steroid dienone is 2. The van der Waals surface area contributed by atoms with Gasteiger partial charge in [0.15, 0.2) is 0 Å². The van der Waals surface area contributed by atoms with Gasteiger partial charge in [0.25, 0.3) is 0 Å². The van der Waals surface area contributed by atoms with Crippen LogP contribution in [0.15, 0.2) is 24.3 Å². The Bertz CT molecular complexity index is 416. The van der Waals surface area contributed by atoms with E-state index < -0.39 is 0 Å². The van der Waals surface area contributed by atoms with Crippen LogP contribution in [0.5, 0.6) is 0 Å². The van der Waals surface area contributed by atoms with Crippen molar-refractivity contribution in [3.63, 3.8) is 0 Å². The molecule has 0 spiro atoms. The van der Waals surface area contributed by atoms with Crippen molar-refractivity contribution in [2.24, 2.45) is 0 Å². The van der Waals surface area contributed by atoms with E-state index in [1.54, 1.807) is 22.3 Å². The molecule has 0 radical (unpaired) electrons. The normalized spacial score (nSPS) is 30.0. The first-order valence-corrected chi connectivity index (χ1v) is 6.72. The van der Waals surface area contributed by atoms with Crippen molar-refractivity contribution in [1.29, 1.82) is 0 Å². The van der Waals surface area contributed by atoms with Crippen LogP contribution in [-0.4, -0.2) is 0 Å². The van der Waals surface area contributed by atoms with E-state index in [0.717, 1.165) is 11.8 Å². The first kappa shape index (κ1) is 9.04. The third-order valence-electron chi connectivity index (χ3n) is 4.85. The molecule has 0 amide bonds. The lowest BCUT2D eigenvalue weighted by Gasteiger charge is -2.39. The van der Waals surface area contributed by atoms with Gasteiger partial charge in [0.2, 0.25) is 0 Å². The molecule has 0 aromatic heterocycles. The summed E-state index contributed by atoms with van der Waals surface area (Å²) in [6.45, 7) is 0. The van der Waals surface area contributed by atoms with Crippen LogP contribution in [0.3, 0.4) is 0 Å². The molecule has 1 aromatic carbocycles. The third kappa shape index (κ3) is 1.16. The van der Waals surface area contributed by atoms with Gasteiger partial charge in [-0.05, 0) is 72.6 Å². The van der Waals surface area contributed by atoms with Crippen molar-refractivity contribution >= 4 is 0 Å². The van der Waals surface area contributed by atoms with E-state index in [1.165, 1.54) is 38.5 Å². The zero-order valence-corrected chi connectivity index (χ0v) is 9.71. The highest BCUT2D eigenvalue weighted by Crippen LogP contribution is 2.50. The standard InChI is InChI=1S/C16H18/c1-2-4-14-10-16-12-7-5-11(6-8-12)15(16)9-13(14)3-1/h1-2,9-12H,3-8H2. The molecule has 0 saturated heterocycles. The van der Waals surface area contributed by atoms with Crippen molar-refractivity contribution < 1.29 is 0 Å². The average molecular weight is 210 g/mol. The Hall–Kier alpha value is -1.04. The van der Waals surface area contributed by atoms with Gasteiger partial charge in [-0.15, -0.1) is 0 Å². The molecule has 1 fully saturated rings. The average Bonchev–Trinajstić information content (AvgIpc) is 2.38. The minimum absolute atomic E-state index is 0.899. The number of benzene rings is 1. The monoisotopic (exact) mass is 210 g/mol. The summed E-state index contributed by atoms with van der Waals surface area (Å²) in [6, 6.07) is 5.09. The van der Waals surface area contributed by atoms with Crippen LogP contribution in [-0.2, 0) is 12.8 Å². The summed E-state index contributed by atoms with van der Waals surface area (Å²) in [7, 11) is 0. The van der Waals surface area contributed by atoms with Gasteiger partial charge < -0.3 is 0 Å². The fraction of sp³-hybridized carbons (Fsp3) is 0.500. The van der Waals surface area contributed by atoms with Gasteiger partial charge in [-0.2, -0.15) is 0 Å². The van der Waals surface area contributed by atoms with Gasteiger partial charge >= 0.3 is 0 Å². The lowest BCUT2D eigenvalue weighted by Crippen LogP contribution is -2.22. The molecule has 0 heterocycles. The van der Waals surface area contributed by atoms with E-state index in [1.807, 2.05) is 0 Å². The molecule has 5 rings (SSSR count). The Balaban J connectivity index is 1.90. The number of hydrogen-bond acceptors (Lipinski definition) is 0. The largest absolute Gasteiger partial charge is 0.0838 e. The Morgan fingerprint density at radius 2 is 1.12 bits per heavy atom. The van der Waals surface area contributed by atoms with E-state index in [0.29, 0.717) is 0 Å². The van der Waals surface area contributed by atoms with Gasteiger partial charge in [0, 0.05) is 0 Å². The first-order chi connectivity index (χ1) is 7.92. The minimum Gasteiger partial charge on any atom is -0.0838 e. The molecule has 0 heteroatoms. The van der Waals surface area contributed by atoms with Crippen LogP contribution in [0.4, 0.5) is 0 Å². The quantitative estimate of drug-likeness (QED) is 0.566. The molecule has 0 nitrogen and oxygen atoms in total. The van der Waals surface area contributed by atoms with Gasteiger partial charge in [0.05, 0.1) is 0 Å². The molecule has 1 saturated carbocycles. The predicted octanol–water partition coefficient (Wildman–Crippen LogP) is 4.10. The molecular formula is C16H18. The first-order valence-electron chi connectivity index (χ1n) is 6.72. The Morgan fingerprint density at radius 3 is 1.56 bits per heavy atom. The van der Waals surface area contributed by atoms with Crippen LogP contribution < -0.4 is 0 Å².